The van der Waals surface area contributed by atoms with Crippen molar-refractivity contribution in [3.63, 3.8) is 0 Å². The summed E-state index contributed by atoms with van der Waals surface area (Å²) in [6.45, 7) is 0.632. The summed E-state index contributed by atoms with van der Waals surface area (Å²) in [6.07, 6.45) is 1.63. The van der Waals surface area contributed by atoms with Crippen LogP contribution in [0.2, 0.25) is 0 Å². The predicted octanol–water partition coefficient (Wildman–Crippen LogP) is 1.41. The van der Waals surface area contributed by atoms with Crippen molar-refractivity contribution in [1.29, 1.82) is 0 Å². The van der Waals surface area contributed by atoms with E-state index in [2.05, 4.69) is 5.10 Å². The van der Waals surface area contributed by atoms with Gasteiger partial charge in [0.1, 0.15) is 0 Å². The van der Waals surface area contributed by atoms with Crippen LogP contribution in [0.5, 0.6) is 0 Å². The highest BCUT2D eigenvalue weighted by Crippen LogP contribution is 2.09. The first-order chi connectivity index (χ1) is 7.25. The van der Waals surface area contributed by atoms with Crippen LogP contribution < -0.4 is 0 Å². The van der Waals surface area contributed by atoms with E-state index in [0.29, 0.717) is 12.1 Å². The van der Waals surface area contributed by atoms with Crippen LogP contribution in [0.15, 0.2) is 42.7 Å². The molecule has 0 atom stereocenters. The van der Waals surface area contributed by atoms with E-state index in [1.807, 2.05) is 30.3 Å². The van der Waals surface area contributed by atoms with Gasteiger partial charge in [0.2, 0.25) is 0 Å². The number of hydrogen-bond acceptors (Lipinski definition) is 3. The maximum atomic E-state index is 8.91. The lowest BCUT2D eigenvalue weighted by Gasteiger charge is -2.01. The van der Waals surface area contributed by atoms with Gasteiger partial charge in [0.25, 0.3) is 0 Å². The highest BCUT2D eigenvalue weighted by atomic mass is 16.5. The third-order valence-corrected chi connectivity index (χ3v) is 2.14. The van der Waals surface area contributed by atoms with Crippen molar-refractivity contribution >= 4 is 0 Å². The smallest absolute Gasteiger partial charge is 0.181 e. The van der Waals surface area contributed by atoms with Crippen LogP contribution >= 0.6 is 0 Å². The van der Waals surface area contributed by atoms with Gasteiger partial charge in [-0.25, -0.2) is 0 Å². The highest BCUT2D eigenvalue weighted by Gasteiger charge is 2.05. The van der Waals surface area contributed by atoms with Gasteiger partial charge in [-0.05, 0) is 5.56 Å². The van der Waals surface area contributed by atoms with Gasteiger partial charge in [-0.2, -0.15) is 5.10 Å². The molecule has 0 aliphatic carbocycles. The molecule has 0 bridgehead atoms. The Balaban J connectivity index is 0.00000128. The van der Waals surface area contributed by atoms with Crippen molar-refractivity contribution in [3.05, 3.63) is 53.9 Å². The largest absolute Gasteiger partial charge is 0.364 e. The van der Waals surface area contributed by atoms with Crippen molar-refractivity contribution in [2.75, 3.05) is 0 Å². The average molecular weight is 208 g/mol. The number of benzene rings is 1. The number of rotatable bonds is 3. The van der Waals surface area contributed by atoms with Gasteiger partial charge in [0.05, 0.1) is 12.7 Å². The van der Waals surface area contributed by atoms with Crippen molar-refractivity contribution in [1.82, 2.24) is 9.78 Å². The zero-order chi connectivity index (χ0) is 10.7. The summed E-state index contributed by atoms with van der Waals surface area (Å²) in [5.41, 5.74) is 1.53. The molecule has 0 radical (unpaired) electrons. The van der Waals surface area contributed by atoms with E-state index < -0.39 is 6.29 Å². The molecule has 0 saturated carbocycles. The molecule has 15 heavy (non-hydrogen) atoms. The highest BCUT2D eigenvalue weighted by molar-refractivity contribution is 5.15. The van der Waals surface area contributed by atoms with Crippen molar-refractivity contribution in [2.45, 2.75) is 12.8 Å². The Morgan fingerprint density at radius 3 is 2.60 bits per heavy atom. The Kier molecular flexibility index (Phi) is 2.80. The molecule has 0 aliphatic rings. The van der Waals surface area contributed by atoms with E-state index >= 15 is 0 Å². The summed E-state index contributed by atoms with van der Waals surface area (Å²) in [6, 6.07) is 9.87. The fraction of sp³-hybridized carbons (Fsp3) is 0.182. The number of aliphatic hydroxyl groups is 2. The van der Waals surface area contributed by atoms with E-state index in [1.54, 1.807) is 10.9 Å². The summed E-state index contributed by atoms with van der Waals surface area (Å²) < 4.78 is 1.67. The van der Waals surface area contributed by atoms with E-state index in [9.17, 15) is 0 Å². The Labute approximate surface area is 90.4 Å². The Hall–Kier alpha value is -1.65. The summed E-state index contributed by atoms with van der Waals surface area (Å²) in [7, 11) is 0. The number of aliphatic hydroxyl groups excluding tert-OH is 1. The molecule has 82 valence electrons. The van der Waals surface area contributed by atoms with Gasteiger partial charge in [0.15, 0.2) is 6.29 Å². The molecule has 0 fully saturated rings. The van der Waals surface area contributed by atoms with Crippen LogP contribution in [0.3, 0.4) is 0 Å². The van der Waals surface area contributed by atoms with Crippen LogP contribution in [0.4, 0.5) is 0 Å². The zero-order valence-electron chi connectivity index (χ0n) is 8.11. The fourth-order valence-corrected chi connectivity index (χ4v) is 1.37. The number of hydrogen-bond donors (Lipinski definition) is 2. The third-order valence-electron chi connectivity index (χ3n) is 2.14. The molecule has 4 nitrogen and oxygen atoms in total. The standard InChI is InChI=1S/C11H12N2O2.2H2/c14-11(15)10-6-12-13(8-10)7-9-4-2-1-3-5-9;;/h1-6,8,11,14-15H,7H2;2*1H. The minimum atomic E-state index is -1.45. The molecule has 0 aliphatic heterocycles. The topological polar surface area (TPSA) is 58.3 Å². The Morgan fingerprint density at radius 1 is 1.27 bits per heavy atom. The Bertz CT molecular complexity index is 432. The molecular formula is C11H16N2O2. The third kappa shape index (κ3) is 2.43. The fourth-order valence-electron chi connectivity index (χ4n) is 1.37. The van der Waals surface area contributed by atoms with Crippen molar-refractivity contribution < 1.29 is 13.1 Å². The molecule has 0 unspecified atom stereocenters. The lowest BCUT2D eigenvalue weighted by molar-refractivity contribution is -0.0425. The van der Waals surface area contributed by atoms with Gasteiger partial charge >= 0.3 is 0 Å². The molecule has 0 spiro atoms. The normalized spacial score (nSPS) is 10.9. The molecule has 2 aromatic rings. The summed E-state index contributed by atoms with van der Waals surface area (Å²) in [5.74, 6) is 0. The van der Waals surface area contributed by atoms with E-state index in [0.717, 1.165) is 5.56 Å². The summed E-state index contributed by atoms with van der Waals surface area (Å²) >= 11 is 0. The maximum absolute atomic E-state index is 8.91. The second-order valence-corrected chi connectivity index (χ2v) is 3.33. The van der Waals surface area contributed by atoms with Crippen LogP contribution in [0.25, 0.3) is 0 Å². The molecule has 0 saturated heterocycles. The number of nitrogens with zero attached hydrogens (tertiary/aromatic N) is 2. The molecular weight excluding hydrogens is 192 g/mol. The lowest BCUT2D eigenvalue weighted by Crippen LogP contribution is -1.99. The van der Waals surface area contributed by atoms with Gasteiger partial charge in [-0.3, -0.25) is 4.68 Å². The van der Waals surface area contributed by atoms with E-state index in [4.69, 9.17) is 10.2 Å². The van der Waals surface area contributed by atoms with E-state index in [1.165, 1.54) is 6.20 Å². The second kappa shape index (κ2) is 4.25. The lowest BCUT2D eigenvalue weighted by atomic mass is 10.2. The first-order valence-corrected chi connectivity index (χ1v) is 4.68. The van der Waals surface area contributed by atoms with Crippen LogP contribution in [-0.2, 0) is 6.54 Å². The van der Waals surface area contributed by atoms with Crippen LogP contribution in [0.1, 0.15) is 20.3 Å². The molecule has 2 N–H and O–H groups in total. The maximum Gasteiger partial charge on any atom is 0.181 e. The SMILES string of the molecule is OC(O)c1cnn(Cc2ccccc2)c1.[HH].[HH]. The molecule has 2 rings (SSSR count). The van der Waals surface area contributed by atoms with Crippen molar-refractivity contribution in [2.24, 2.45) is 0 Å². The van der Waals surface area contributed by atoms with Crippen molar-refractivity contribution in [3.8, 4) is 0 Å². The Morgan fingerprint density at radius 2 is 2.00 bits per heavy atom. The molecule has 1 heterocycles. The van der Waals surface area contributed by atoms with Gasteiger partial charge in [-0.15, -0.1) is 0 Å². The first kappa shape index (κ1) is 9.89. The quantitative estimate of drug-likeness (QED) is 0.750. The molecule has 0 amide bonds. The predicted molar refractivity (Wildman–Crippen MR) is 59.2 cm³/mol. The minimum absolute atomic E-state index is 0. The first-order valence-electron chi connectivity index (χ1n) is 4.68. The monoisotopic (exact) mass is 208 g/mol. The van der Waals surface area contributed by atoms with Crippen LogP contribution in [-0.4, -0.2) is 20.0 Å². The molecule has 4 heteroatoms. The minimum Gasteiger partial charge on any atom is -0.364 e. The number of aromatic nitrogens is 2. The zero-order valence-corrected chi connectivity index (χ0v) is 8.11. The van der Waals surface area contributed by atoms with Gasteiger partial charge in [-0.1, -0.05) is 30.3 Å². The average Bonchev–Trinajstić information content (AvgIpc) is 2.68. The summed E-state index contributed by atoms with van der Waals surface area (Å²) in [5, 5.41) is 21.8. The summed E-state index contributed by atoms with van der Waals surface area (Å²) in [4.78, 5) is 0. The van der Waals surface area contributed by atoms with Gasteiger partial charge in [0, 0.05) is 14.6 Å². The second-order valence-electron chi connectivity index (χ2n) is 3.33. The van der Waals surface area contributed by atoms with E-state index in [-0.39, 0.29) is 2.85 Å². The molecule has 1 aromatic carbocycles. The van der Waals surface area contributed by atoms with Gasteiger partial charge < -0.3 is 10.2 Å². The molecule has 1 aromatic heterocycles. The van der Waals surface area contributed by atoms with Crippen LogP contribution in [0, 0.1) is 0 Å².